The molecule has 3 nitrogen and oxygen atoms in total. The maximum Gasteiger partial charge on any atom is 0.331 e. The minimum absolute atomic E-state index is 0.268. The van der Waals surface area contributed by atoms with Gasteiger partial charge in [-0.2, -0.15) is 0 Å². The average molecular weight is 357 g/mol. The van der Waals surface area contributed by atoms with Gasteiger partial charge in [0.1, 0.15) is 5.75 Å². The Morgan fingerprint density at radius 3 is 1.96 bits per heavy atom. The van der Waals surface area contributed by atoms with Crippen LogP contribution in [0.3, 0.4) is 0 Å². The first-order valence-corrected chi connectivity index (χ1v) is 10.2. The highest BCUT2D eigenvalue weighted by Gasteiger charge is 2.33. The van der Waals surface area contributed by atoms with Crippen LogP contribution in [0.4, 0.5) is 0 Å². The van der Waals surface area contributed by atoms with Gasteiger partial charge in [-0.15, -0.1) is 0 Å². The van der Waals surface area contributed by atoms with E-state index in [1.807, 2.05) is 6.92 Å². The van der Waals surface area contributed by atoms with Gasteiger partial charge in [-0.25, -0.2) is 4.79 Å². The molecule has 3 heteroatoms. The number of hydrogen-bond acceptors (Lipinski definition) is 2. The molecular weight excluding hydrogens is 324 g/mol. The van der Waals surface area contributed by atoms with E-state index in [4.69, 9.17) is 4.74 Å². The van der Waals surface area contributed by atoms with Crippen LogP contribution in [0, 0.1) is 17.8 Å². The van der Waals surface area contributed by atoms with Crippen LogP contribution in [0.2, 0.25) is 0 Å². The molecule has 1 aromatic carbocycles. The third kappa shape index (κ3) is 4.31. The highest BCUT2D eigenvalue weighted by molar-refractivity contribution is 5.87. The summed E-state index contributed by atoms with van der Waals surface area (Å²) in [5.74, 6) is 2.80. The number of rotatable bonds is 5. The molecule has 0 heterocycles. The lowest BCUT2D eigenvalue weighted by atomic mass is 9.67. The molecule has 0 radical (unpaired) electrons. The van der Waals surface area contributed by atoms with E-state index < -0.39 is 5.97 Å². The lowest BCUT2D eigenvalue weighted by Gasteiger charge is -2.38. The maximum atomic E-state index is 11.3. The van der Waals surface area contributed by atoms with Crippen LogP contribution < -0.4 is 4.74 Å². The van der Waals surface area contributed by atoms with Gasteiger partial charge >= 0.3 is 5.97 Å². The van der Waals surface area contributed by atoms with Gasteiger partial charge in [-0.3, -0.25) is 0 Å². The molecule has 0 aromatic heterocycles. The predicted molar refractivity (Wildman–Crippen MR) is 105 cm³/mol. The number of carbonyl (C=O) groups is 1. The second-order valence-corrected chi connectivity index (χ2v) is 8.05. The predicted octanol–water partition coefficient (Wildman–Crippen LogP) is 5.81. The number of aliphatic carboxylic acids is 1. The monoisotopic (exact) mass is 356 g/mol. The smallest absolute Gasteiger partial charge is 0.331 e. The van der Waals surface area contributed by atoms with E-state index in [2.05, 4.69) is 24.3 Å². The lowest BCUT2D eigenvalue weighted by molar-refractivity contribution is -0.133. The van der Waals surface area contributed by atoms with Crippen molar-refractivity contribution in [2.45, 2.75) is 64.2 Å². The molecule has 2 aliphatic rings. The molecule has 142 valence electrons. The first kappa shape index (κ1) is 19.0. The van der Waals surface area contributed by atoms with Gasteiger partial charge in [0.25, 0.3) is 0 Å². The number of allylic oxidation sites excluding steroid dienone is 1. The molecule has 0 bridgehead atoms. The summed E-state index contributed by atoms with van der Waals surface area (Å²) in [6, 6.07) is 8.59. The Hall–Kier alpha value is -1.77. The van der Waals surface area contributed by atoms with E-state index in [1.54, 1.807) is 13.2 Å². The molecular formula is C23H32O3. The largest absolute Gasteiger partial charge is 0.497 e. The fourth-order valence-electron chi connectivity index (χ4n) is 5.24. The molecule has 0 spiro atoms. The van der Waals surface area contributed by atoms with E-state index in [1.165, 1.54) is 44.1 Å². The fraction of sp³-hybridized carbons (Fsp3) is 0.609. The van der Waals surface area contributed by atoms with E-state index in [0.29, 0.717) is 11.5 Å². The maximum absolute atomic E-state index is 11.3. The van der Waals surface area contributed by atoms with Gasteiger partial charge in [-0.05, 0) is 99.7 Å². The summed E-state index contributed by atoms with van der Waals surface area (Å²) in [4.78, 5) is 11.3. The summed E-state index contributed by atoms with van der Waals surface area (Å²) < 4.78 is 5.26. The molecule has 0 unspecified atom stereocenters. The van der Waals surface area contributed by atoms with Crippen LogP contribution in [0.15, 0.2) is 35.9 Å². The van der Waals surface area contributed by atoms with Crippen molar-refractivity contribution in [2.24, 2.45) is 17.8 Å². The van der Waals surface area contributed by atoms with Gasteiger partial charge in [-0.1, -0.05) is 18.2 Å². The van der Waals surface area contributed by atoms with Crippen molar-refractivity contribution < 1.29 is 14.6 Å². The number of carboxylic acids is 1. The lowest BCUT2D eigenvalue weighted by Crippen LogP contribution is -2.27. The fourth-order valence-corrected chi connectivity index (χ4v) is 5.24. The SMILES string of the molecule is CC=C(C(=O)O)C1CCC(C2CCC(c3ccc(OC)cc3)CC2)CC1. The minimum Gasteiger partial charge on any atom is -0.497 e. The van der Waals surface area contributed by atoms with E-state index >= 15 is 0 Å². The van der Waals surface area contributed by atoms with Crippen LogP contribution in [0.5, 0.6) is 5.75 Å². The molecule has 0 saturated heterocycles. The van der Waals surface area contributed by atoms with Crippen molar-refractivity contribution in [1.82, 2.24) is 0 Å². The van der Waals surface area contributed by atoms with Gasteiger partial charge in [0.2, 0.25) is 0 Å². The quantitative estimate of drug-likeness (QED) is 0.678. The molecule has 2 aliphatic carbocycles. The molecule has 0 atom stereocenters. The van der Waals surface area contributed by atoms with Crippen molar-refractivity contribution >= 4 is 5.97 Å². The Labute approximate surface area is 157 Å². The van der Waals surface area contributed by atoms with Crippen molar-refractivity contribution in [3.05, 3.63) is 41.5 Å². The molecule has 1 aromatic rings. The number of methoxy groups -OCH3 is 1. The molecule has 3 rings (SSSR count). The summed E-state index contributed by atoms with van der Waals surface area (Å²) in [5, 5.41) is 9.33. The summed E-state index contributed by atoms with van der Waals surface area (Å²) in [6.45, 7) is 1.86. The van der Waals surface area contributed by atoms with E-state index in [0.717, 1.165) is 30.4 Å². The summed E-state index contributed by atoms with van der Waals surface area (Å²) in [7, 11) is 1.71. The summed E-state index contributed by atoms with van der Waals surface area (Å²) in [5.41, 5.74) is 2.08. The standard InChI is InChI=1S/C23H32O3/c1-3-22(23(24)25)20-10-8-18(9-11-20)16-4-6-17(7-5-16)19-12-14-21(26-2)15-13-19/h3,12-18,20H,4-11H2,1-2H3,(H,24,25). The Balaban J connectivity index is 1.49. The normalized spacial score (nSPS) is 30.0. The summed E-state index contributed by atoms with van der Waals surface area (Å²) >= 11 is 0. The first-order chi connectivity index (χ1) is 12.6. The van der Waals surface area contributed by atoms with Gasteiger partial charge < -0.3 is 9.84 Å². The van der Waals surface area contributed by atoms with Crippen LogP contribution >= 0.6 is 0 Å². The average Bonchev–Trinajstić information content (AvgIpc) is 2.69. The van der Waals surface area contributed by atoms with Crippen LogP contribution in [0.25, 0.3) is 0 Å². The highest BCUT2D eigenvalue weighted by atomic mass is 16.5. The third-order valence-corrected chi connectivity index (χ3v) is 6.80. The van der Waals surface area contributed by atoms with Gasteiger partial charge in [0.05, 0.1) is 7.11 Å². The first-order valence-electron chi connectivity index (χ1n) is 10.2. The number of carboxylic acid groups (broad SMARTS) is 1. The second-order valence-electron chi connectivity index (χ2n) is 8.05. The van der Waals surface area contributed by atoms with E-state index in [9.17, 15) is 9.90 Å². The Morgan fingerprint density at radius 2 is 1.50 bits per heavy atom. The van der Waals surface area contributed by atoms with Gasteiger partial charge in [0, 0.05) is 5.57 Å². The number of ether oxygens (including phenoxy) is 1. The topological polar surface area (TPSA) is 46.5 Å². The van der Waals surface area contributed by atoms with Crippen LogP contribution in [0.1, 0.15) is 69.8 Å². The third-order valence-electron chi connectivity index (χ3n) is 6.80. The highest BCUT2D eigenvalue weighted by Crippen LogP contribution is 2.45. The molecule has 1 N–H and O–H groups in total. The van der Waals surface area contributed by atoms with Crippen molar-refractivity contribution in [3.8, 4) is 5.75 Å². The zero-order valence-corrected chi connectivity index (χ0v) is 16.1. The second kappa shape index (κ2) is 8.75. The molecule has 26 heavy (non-hydrogen) atoms. The molecule has 0 aliphatic heterocycles. The van der Waals surface area contributed by atoms with Crippen LogP contribution in [-0.2, 0) is 4.79 Å². The van der Waals surface area contributed by atoms with Crippen molar-refractivity contribution in [3.63, 3.8) is 0 Å². The zero-order chi connectivity index (χ0) is 18.5. The summed E-state index contributed by atoms with van der Waals surface area (Å²) in [6.07, 6.45) is 11.5. The van der Waals surface area contributed by atoms with Crippen molar-refractivity contribution in [2.75, 3.05) is 7.11 Å². The minimum atomic E-state index is -0.726. The molecule has 0 amide bonds. The zero-order valence-electron chi connectivity index (χ0n) is 16.1. The van der Waals surface area contributed by atoms with Crippen LogP contribution in [-0.4, -0.2) is 18.2 Å². The van der Waals surface area contributed by atoms with Crippen molar-refractivity contribution in [1.29, 1.82) is 0 Å². The Bertz CT molecular complexity index is 615. The molecule has 2 saturated carbocycles. The number of benzene rings is 1. The Kier molecular flexibility index (Phi) is 6.39. The Morgan fingerprint density at radius 1 is 0.962 bits per heavy atom. The van der Waals surface area contributed by atoms with Gasteiger partial charge in [0.15, 0.2) is 0 Å². The number of hydrogen-bond donors (Lipinski definition) is 1. The van der Waals surface area contributed by atoms with E-state index in [-0.39, 0.29) is 5.92 Å². The molecule has 2 fully saturated rings.